The number of hydrogen-bond donors (Lipinski definition) is 1. The van der Waals surface area contributed by atoms with Crippen molar-refractivity contribution in [2.45, 2.75) is 31.3 Å². The smallest absolute Gasteiger partial charge is 0.0430 e. The van der Waals surface area contributed by atoms with Gasteiger partial charge in [0, 0.05) is 30.9 Å². The molecule has 70 valence electrons. The van der Waals surface area contributed by atoms with Crippen LogP contribution in [0.3, 0.4) is 0 Å². The van der Waals surface area contributed by atoms with Gasteiger partial charge in [0.2, 0.25) is 0 Å². The number of nitrogens with one attached hydrogen (secondary N) is 1. The predicted octanol–water partition coefficient (Wildman–Crippen LogP) is 1.27. The molecule has 2 heterocycles. The summed E-state index contributed by atoms with van der Waals surface area (Å²) in [5, 5.41) is 3.53. The Bertz CT molecular complexity index is 267. The highest BCUT2D eigenvalue weighted by atomic mass is 15.3. The molecule has 1 N–H and O–H groups in total. The van der Waals surface area contributed by atoms with Crippen LogP contribution in [0.15, 0.2) is 23.9 Å². The van der Waals surface area contributed by atoms with E-state index in [0.29, 0.717) is 0 Å². The molecule has 0 aromatic carbocycles. The van der Waals surface area contributed by atoms with Gasteiger partial charge in [-0.3, -0.25) is 0 Å². The molecule has 1 aliphatic carbocycles. The molecule has 3 aliphatic rings. The van der Waals surface area contributed by atoms with Crippen LogP contribution in [0.4, 0.5) is 0 Å². The summed E-state index contributed by atoms with van der Waals surface area (Å²) < 4.78 is 0. The summed E-state index contributed by atoms with van der Waals surface area (Å²) in [6, 6.07) is 1.54. The van der Waals surface area contributed by atoms with Gasteiger partial charge in [0.05, 0.1) is 0 Å². The van der Waals surface area contributed by atoms with E-state index < -0.39 is 0 Å². The first kappa shape index (κ1) is 7.63. The van der Waals surface area contributed by atoms with Crippen LogP contribution in [0.1, 0.15) is 19.3 Å². The maximum Gasteiger partial charge on any atom is 0.0430 e. The number of allylic oxidation sites excluding steroid dienone is 3. The molecule has 0 radical (unpaired) electrons. The summed E-state index contributed by atoms with van der Waals surface area (Å²) in [6.45, 7) is 2.41. The number of likely N-dealkylation sites (tertiary alicyclic amines) is 1. The van der Waals surface area contributed by atoms with Gasteiger partial charge in [-0.25, -0.2) is 0 Å². The van der Waals surface area contributed by atoms with Crippen molar-refractivity contribution < 1.29 is 0 Å². The third-order valence-corrected chi connectivity index (χ3v) is 3.36. The standard InChI is InChI=1S/C11H16N2/c1-2-4-10(5-3-1)13-8-9-6-11(13)7-12-9/h2,4-5,9,11-12H,1,3,6-8H2. The van der Waals surface area contributed by atoms with E-state index in [9.17, 15) is 0 Å². The number of hydrogen-bond acceptors (Lipinski definition) is 2. The zero-order chi connectivity index (χ0) is 8.67. The molecule has 2 fully saturated rings. The lowest BCUT2D eigenvalue weighted by Gasteiger charge is -2.31. The lowest BCUT2D eigenvalue weighted by Crippen LogP contribution is -2.42. The molecule has 0 saturated carbocycles. The third kappa shape index (κ3) is 1.20. The van der Waals surface area contributed by atoms with Crippen molar-refractivity contribution in [3.63, 3.8) is 0 Å². The molecule has 0 spiro atoms. The van der Waals surface area contributed by atoms with E-state index in [1.165, 1.54) is 38.0 Å². The number of nitrogens with zero attached hydrogens (tertiary/aromatic N) is 1. The highest BCUT2D eigenvalue weighted by Crippen LogP contribution is 2.28. The van der Waals surface area contributed by atoms with Crippen LogP contribution in [-0.4, -0.2) is 30.1 Å². The maximum absolute atomic E-state index is 3.53. The zero-order valence-corrected chi connectivity index (χ0v) is 7.87. The van der Waals surface area contributed by atoms with Crippen LogP contribution in [0, 0.1) is 0 Å². The largest absolute Gasteiger partial charge is 0.366 e. The van der Waals surface area contributed by atoms with E-state index in [2.05, 4.69) is 28.4 Å². The molecule has 2 bridgehead atoms. The highest BCUT2D eigenvalue weighted by Gasteiger charge is 2.37. The molecule has 0 aromatic heterocycles. The van der Waals surface area contributed by atoms with Gasteiger partial charge in [0.25, 0.3) is 0 Å². The Balaban J connectivity index is 1.79. The van der Waals surface area contributed by atoms with Gasteiger partial charge in [-0.05, 0) is 25.3 Å². The minimum Gasteiger partial charge on any atom is -0.366 e. The lowest BCUT2D eigenvalue weighted by atomic mass is 10.1. The van der Waals surface area contributed by atoms with Gasteiger partial charge in [-0.15, -0.1) is 0 Å². The van der Waals surface area contributed by atoms with Gasteiger partial charge in [-0.2, -0.15) is 0 Å². The van der Waals surface area contributed by atoms with Crippen molar-refractivity contribution in [1.29, 1.82) is 0 Å². The fourth-order valence-corrected chi connectivity index (χ4v) is 2.69. The Morgan fingerprint density at radius 1 is 1.38 bits per heavy atom. The van der Waals surface area contributed by atoms with E-state index in [0.717, 1.165) is 12.1 Å². The van der Waals surface area contributed by atoms with E-state index >= 15 is 0 Å². The molecule has 0 amide bonds. The summed E-state index contributed by atoms with van der Waals surface area (Å²) in [5.74, 6) is 0. The molecule has 2 nitrogen and oxygen atoms in total. The van der Waals surface area contributed by atoms with Crippen LogP contribution < -0.4 is 5.32 Å². The first-order valence-corrected chi connectivity index (χ1v) is 5.30. The van der Waals surface area contributed by atoms with E-state index in [1.54, 1.807) is 0 Å². The topological polar surface area (TPSA) is 15.3 Å². The molecule has 3 rings (SSSR count). The van der Waals surface area contributed by atoms with E-state index in [1.807, 2.05) is 0 Å². The highest BCUT2D eigenvalue weighted by molar-refractivity contribution is 5.24. The van der Waals surface area contributed by atoms with Crippen molar-refractivity contribution in [1.82, 2.24) is 10.2 Å². The summed E-state index contributed by atoms with van der Waals surface area (Å²) in [6.07, 6.45) is 10.8. The van der Waals surface area contributed by atoms with Gasteiger partial charge in [0.1, 0.15) is 0 Å². The fraction of sp³-hybridized carbons (Fsp3) is 0.636. The molecule has 2 saturated heterocycles. The molecule has 2 atom stereocenters. The lowest BCUT2D eigenvalue weighted by molar-refractivity contribution is 0.291. The van der Waals surface area contributed by atoms with Crippen LogP contribution in [0.2, 0.25) is 0 Å². The minimum atomic E-state index is 0.765. The first-order valence-electron chi connectivity index (χ1n) is 5.30. The molecule has 2 heteroatoms. The molecule has 13 heavy (non-hydrogen) atoms. The zero-order valence-electron chi connectivity index (χ0n) is 7.87. The third-order valence-electron chi connectivity index (χ3n) is 3.36. The number of rotatable bonds is 1. The fourth-order valence-electron chi connectivity index (χ4n) is 2.69. The van der Waals surface area contributed by atoms with Crippen LogP contribution in [0.25, 0.3) is 0 Å². The Labute approximate surface area is 79.3 Å². The van der Waals surface area contributed by atoms with E-state index in [-0.39, 0.29) is 0 Å². The van der Waals surface area contributed by atoms with Crippen LogP contribution in [-0.2, 0) is 0 Å². The SMILES string of the molecule is C1=CC(N2CC3CC2CN3)=CCC1. The van der Waals surface area contributed by atoms with Crippen molar-refractivity contribution in [3.05, 3.63) is 23.9 Å². The normalized spacial score (nSPS) is 36.9. The Kier molecular flexibility index (Phi) is 1.69. The van der Waals surface area contributed by atoms with Crippen molar-refractivity contribution in [2.24, 2.45) is 0 Å². The maximum atomic E-state index is 3.53. The second-order valence-electron chi connectivity index (χ2n) is 4.26. The van der Waals surface area contributed by atoms with Gasteiger partial charge in [-0.1, -0.05) is 12.2 Å². The Morgan fingerprint density at radius 2 is 2.38 bits per heavy atom. The Hall–Kier alpha value is -0.760. The summed E-state index contributed by atoms with van der Waals surface area (Å²) in [7, 11) is 0. The molecule has 0 aromatic rings. The predicted molar refractivity (Wildman–Crippen MR) is 53.4 cm³/mol. The van der Waals surface area contributed by atoms with E-state index in [4.69, 9.17) is 0 Å². The second kappa shape index (κ2) is 2.88. The molecular formula is C11H16N2. The van der Waals surface area contributed by atoms with Crippen LogP contribution >= 0.6 is 0 Å². The average Bonchev–Trinajstić information content (AvgIpc) is 2.80. The number of fused-ring (bicyclic) bond motifs is 2. The summed E-state index contributed by atoms with van der Waals surface area (Å²) >= 11 is 0. The molecule has 2 unspecified atom stereocenters. The quantitative estimate of drug-likeness (QED) is 0.647. The second-order valence-corrected chi connectivity index (χ2v) is 4.26. The minimum absolute atomic E-state index is 0.765. The summed E-state index contributed by atoms with van der Waals surface area (Å²) in [4.78, 5) is 2.58. The first-order chi connectivity index (χ1) is 6.43. The van der Waals surface area contributed by atoms with Crippen molar-refractivity contribution >= 4 is 0 Å². The molecule has 2 aliphatic heterocycles. The summed E-state index contributed by atoms with van der Waals surface area (Å²) in [5.41, 5.74) is 1.47. The number of piperazine rings is 1. The van der Waals surface area contributed by atoms with Crippen molar-refractivity contribution in [3.8, 4) is 0 Å². The van der Waals surface area contributed by atoms with Crippen LogP contribution in [0.5, 0.6) is 0 Å². The Morgan fingerprint density at radius 3 is 3.00 bits per heavy atom. The van der Waals surface area contributed by atoms with Crippen molar-refractivity contribution in [2.75, 3.05) is 13.1 Å². The molecular weight excluding hydrogens is 160 g/mol. The monoisotopic (exact) mass is 176 g/mol. The van der Waals surface area contributed by atoms with Gasteiger partial charge >= 0.3 is 0 Å². The van der Waals surface area contributed by atoms with Gasteiger partial charge in [0.15, 0.2) is 0 Å². The van der Waals surface area contributed by atoms with Gasteiger partial charge < -0.3 is 10.2 Å². The average molecular weight is 176 g/mol.